The van der Waals surface area contributed by atoms with Crippen molar-refractivity contribution in [2.24, 2.45) is 5.41 Å². The van der Waals surface area contributed by atoms with Gasteiger partial charge < -0.3 is 10.3 Å². The molecule has 0 aromatic carbocycles. The van der Waals surface area contributed by atoms with E-state index in [9.17, 15) is 0 Å². The Bertz CT molecular complexity index is 132. The van der Waals surface area contributed by atoms with Crippen LogP contribution in [0.15, 0.2) is 0 Å². The van der Waals surface area contributed by atoms with Crippen LogP contribution in [0.1, 0.15) is 26.2 Å². The number of hydrogen-bond acceptors (Lipinski definition) is 2. The highest BCUT2D eigenvalue weighted by atomic mass is 16.2. The minimum Gasteiger partial charge on any atom is -0.451 e. The van der Waals surface area contributed by atoms with Crippen LogP contribution in [0, 0.1) is 5.41 Å². The fourth-order valence-electron chi connectivity index (χ4n) is 1.91. The van der Waals surface area contributed by atoms with Gasteiger partial charge in [-0.1, -0.05) is 20.2 Å². The van der Waals surface area contributed by atoms with Gasteiger partial charge in [-0.3, -0.25) is 0 Å². The summed E-state index contributed by atoms with van der Waals surface area (Å²) in [5.41, 5.74) is 0.509. The molecule has 0 aromatic heterocycles. The van der Waals surface area contributed by atoms with E-state index in [1.165, 1.54) is 19.4 Å². The van der Waals surface area contributed by atoms with Crippen molar-refractivity contribution in [3.05, 3.63) is 0 Å². The van der Waals surface area contributed by atoms with Gasteiger partial charge in [0.1, 0.15) is 0 Å². The summed E-state index contributed by atoms with van der Waals surface area (Å²) in [6, 6.07) is 0. The topological polar surface area (TPSA) is 32.3 Å². The standard InChI is InChI=1S/C9H20BNO/c1-9(5-7-11-8-9)4-3-6-10(2)12/h11-12H,3-8H2,1-2H3/t9-/m1/s1. The van der Waals surface area contributed by atoms with Crippen LogP contribution in [0.2, 0.25) is 13.1 Å². The maximum Gasteiger partial charge on any atom is 0.285 e. The van der Waals surface area contributed by atoms with Crippen molar-refractivity contribution >= 4 is 6.92 Å². The van der Waals surface area contributed by atoms with E-state index in [0.29, 0.717) is 5.41 Å². The molecule has 3 heteroatoms. The average Bonchev–Trinajstić information content (AvgIpc) is 2.35. The summed E-state index contributed by atoms with van der Waals surface area (Å²) in [5.74, 6) is 0. The Balaban J connectivity index is 2.13. The zero-order valence-corrected chi connectivity index (χ0v) is 8.27. The molecule has 0 spiro atoms. The fraction of sp³-hybridized carbons (Fsp3) is 1.00. The summed E-state index contributed by atoms with van der Waals surface area (Å²) >= 11 is 0. The molecular weight excluding hydrogens is 149 g/mol. The molecule has 1 saturated heterocycles. The molecule has 1 aliphatic rings. The Labute approximate surface area is 75.9 Å². The van der Waals surface area contributed by atoms with Crippen LogP contribution >= 0.6 is 0 Å². The number of nitrogens with one attached hydrogen (secondary N) is 1. The molecule has 0 unspecified atom stereocenters. The fourth-order valence-corrected chi connectivity index (χ4v) is 1.91. The first-order valence-corrected chi connectivity index (χ1v) is 5.01. The van der Waals surface area contributed by atoms with E-state index in [1.54, 1.807) is 0 Å². The zero-order chi connectivity index (χ0) is 9.03. The Kier molecular flexibility index (Phi) is 3.60. The van der Waals surface area contributed by atoms with E-state index in [1.807, 2.05) is 6.82 Å². The zero-order valence-electron chi connectivity index (χ0n) is 8.27. The summed E-state index contributed by atoms with van der Waals surface area (Å²) in [4.78, 5) is 0. The molecule has 12 heavy (non-hydrogen) atoms. The highest BCUT2D eigenvalue weighted by molar-refractivity contribution is 6.48. The Hall–Kier alpha value is -0.0151. The lowest BCUT2D eigenvalue weighted by Gasteiger charge is -2.22. The van der Waals surface area contributed by atoms with Crippen molar-refractivity contribution < 1.29 is 5.02 Å². The van der Waals surface area contributed by atoms with E-state index >= 15 is 0 Å². The first-order valence-electron chi connectivity index (χ1n) is 5.01. The van der Waals surface area contributed by atoms with E-state index in [0.717, 1.165) is 19.3 Å². The van der Waals surface area contributed by atoms with Crippen molar-refractivity contribution in [3.63, 3.8) is 0 Å². The van der Waals surface area contributed by atoms with Gasteiger partial charge in [-0.25, -0.2) is 0 Å². The minimum absolute atomic E-state index is 0.122. The molecular formula is C9H20BNO. The third-order valence-corrected chi connectivity index (χ3v) is 2.86. The average molecular weight is 169 g/mol. The third-order valence-electron chi connectivity index (χ3n) is 2.86. The van der Waals surface area contributed by atoms with Crippen molar-refractivity contribution in [3.8, 4) is 0 Å². The second kappa shape index (κ2) is 4.29. The maximum atomic E-state index is 9.09. The van der Waals surface area contributed by atoms with Gasteiger partial charge in [0.25, 0.3) is 6.92 Å². The van der Waals surface area contributed by atoms with Crippen molar-refractivity contribution in [1.29, 1.82) is 0 Å². The van der Waals surface area contributed by atoms with Crippen molar-refractivity contribution in [2.75, 3.05) is 13.1 Å². The summed E-state index contributed by atoms with van der Waals surface area (Å²) < 4.78 is 0. The second-order valence-corrected chi connectivity index (χ2v) is 4.48. The molecule has 1 rings (SSSR count). The summed E-state index contributed by atoms with van der Waals surface area (Å²) in [6.45, 7) is 6.42. The molecule has 70 valence electrons. The normalized spacial score (nSPS) is 29.2. The third kappa shape index (κ3) is 3.15. The van der Waals surface area contributed by atoms with Gasteiger partial charge in [-0.15, -0.1) is 0 Å². The lowest BCUT2D eigenvalue weighted by Crippen LogP contribution is -2.20. The van der Waals surface area contributed by atoms with Gasteiger partial charge >= 0.3 is 0 Å². The first-order chi connectivity index (χ1) is 5.62. The molecule has 2 N–H and O–H groups in total. The molecule has 1 heterocycles. The molecule has 1 fully saturated rings. The Morgan fingerprint density at radius 1 is 1.58 bits per heavy atom. The lowest BCUT2D eigenvalue weighted by molar-refractivity contribution is 0.329. The van der Waals surface area contributed by atoms with Crippen LogP contribution in [-0.4, -0.2) is 25.0 Å². The van der Waals surface area contributed by atoms with E-state index in [4.69, 9.17) is 5.02 Å². The first kappa shape index (κ1) is 10.1. The van der Waals surface area contributed by atoms with Gasteiger partial charge in [0.2, 0.25) is 0 Å². The molecule has 0 bridgehead atoms. The predicted octanol–water partition coefficient (Wildman–Crippen LogP) is 1.38. The Morgan fingerprint density at radius 3 is 2.83 bits per heavy atom. The van der Waals surface area contributed by atoms with E-state index in [-0.39, 0.29) is 6.92 Å². The maximum absolute atomic E-state index is 9.09. The van der Waals surface area contributed by atoms with Crippen LogP contribution in [-0.2, 0) is 0 Å². The van der Waals surface area contributed by atoms with Crippen LogP contribution < -0.4 is 5.32 Å². The monoisotopic (exact) mass is 169 g/mol. The number of rotatable bonds is 4. The molecule has 0 radical (unpaired) electrons. The quantitative estimate of drug-likeness (QED) is 0.623. The summed E-state index contributed by atoms with van der Waals surface area (Å²) in [7, 11) is 0. The molecule has 2 nitrogen and oxygen atoms in total. The summed E-state index contributed by atoms with van der Waals surface area (Å²) in [5, 5.41) is 12.5. The summed E-state index contributed by atoms with van der Waals surface area (Å²) in [6.07, 6.45) is 4.67. The van der Waals surface area contributed by atoms with Crippen LogP contribution in [0.4, 0.5) is 0 Å². The molecule has 1 aliphatic heterocycles. The number of hydrogen-bond donors (Lipinski definition) is 2. The smallest absolute Gasteiger partial charge is 0.285 e. The second-order valence-electron chi connectivity index (χ2n) is 4.48. The minimum atomic E-state index is -0.122. The van der Waals surface area contributed by atoms with Crippen LogP contribution in [0.5, 0.6) is 0 Å². The highest BCUT2D eigenvalue weighted by Crippen LogP contribution is 2.30. The van der Waals surface area contributed by atoms with Gasteiger partial charge in [-0.05, 0) is 31.1 Å². The Morgan fingerprint density at radius 2 is 2.33 bits per heavy atom. The van der Waals surface area contributed by atoms with Gasteiger partial charge in [-0.2, -0.15) is 0 Å². The molecule has 0 aromatic rings. The van der Waals surface area contributed by atoms with Crippen molar-refractivity contribution in [1.82, 2.24) is 5.32 Å². The lowest BCUT2D eigenvalue weighted by atomic mass is 9.65. The van der Waals surface area contributed by atoms with Crippen molar-refractivity contribution in [2.45, 2.75) is 39.3 Å². The van der Waals surface area contributed by atoms with Gasteiger partial charge in [0, 0.05) is 6.54 Å². The molecule has 0 saturated carbocycles. The van der Waals surface area contributed by atoms with Gasteiger partial charge in [0.05, 0.1) is 0 Å². The largest absolute Gasteiger partial charge is 0.451 e. The molecule has 0 aliphatic carbocycles. The predicted molar refractivity (Wildman–Crippen MR) is 53.5 cm³/mol. The SMILES string of the molecule is CB(O)CCC[C@]1(C)CCNC1. The van der Waals surface area contributed by atoms with E-state index in [2.05, 4.69) is 12.2 Å². The van der Waals surface area contributed by atoms with Crippen LogP contribution in [0.3, 0.4) is 0 Å². The molecule has 0 amide bonds. The van der Waals surface area contributed by atoms with Gasteiger partial charge in [0.15, 0.2) is 0 Å². The van der Waals surface area contributed by atoms with Crippen LogP contribution in [0.25, 0.3) is 0 Å². The highest BCUT2D eigenvalue weighted by Gasteiger charge is 2.27. The van der Waals surface area contributed by atoms with E-state index < -0.39 is 0 Å². The molecule has 1 atom stereocenters.